The minimum absolute atomic E-state index is 0.289. The Kier molecular flexibility index (Phi) is 4.25. The van der Waals surface area contributed by atoms with Crippen molar-refractivity contribution in [3.8, 4) is 5.75 Å². The van der Waals surface area contributed by atoms with Gasteiger partial charge in [-0.25, -0.2) is 9.78 Å². The third-order valence-corrected chi connectivity index (χ3v) is 2.74. The fourth-order valence-electron chi connectivity index (χ4n) is 1.56. The molecule has 1 aromatic carbocycles. The van der Waals surface area contributed by atoms with Crippen LogP contribution >= 0.6 is 12.2 Å². The Morgan fingerprint density at radius 1 is 1.42 bits per heavy atom. The zero-order valence-electron chi connectivity index (χ0n) is 10.2. The largest absolute Gasteiger partial charge is 0.492 e. The van der Waals surface area contributed by atoms with Crippen LogP contribution in [0.3, 0.4) is 0 Å². The summed E-state index contributed by atoms with van der Waals surface area (Å²) < 4.78 is 7.04. The molecule has 0 saturated heterocycles. The van der Waals surface area contributed by atoms with Gasteiger partial charge in [-0.05, 0) is 18.2 Å². The molecule has 2 aromatic rings. The number of thiocarbonyl (C=S) groups is 1. The molecule has 5 nitrogen and oxygen atoms in total. The molecule has 0 fully saturated rings. The van der Waals surface area contributed by atoms with Gasteiger partial charge in [0.2, 0.25) is 0 Å². The minimum Gasteiger partial charge on any atom is -0.492 e. The van der Waals surface area contributed by atoms with Gasteiger partial charge in [0.25, 0.3) is 0 Å². The molecule has 0 spiro atoms. The Balaban J connectivity index is 1.96. The molecular formula is C13H13N3O2S. The molecule has 0 saturated carbocycles. The summed E-state index contributed by atoms with van der Waals surface area (Å²) in [6.07, 6.45) is 3.13. The Bertz CT molecular complexity index is 640. The number of rotatable bonds is 5. The zero-order valence-corrected chi connectivity index (χ0v) is 11.0. The van der Waals surface area contributed by atoms with Gasteiger partial charge >= 0.3 is 5.69 Å². The summed E-state index contributed by atoms with van der Waals surface area (Å²) in [4.78, 5) is 15.4. The predicted octanol–water partition coefficient (Wildman–Crippen LogP) is 0.956. The molecule has 0 unspecified atom stereocenters. The van der Waals surface area contributed by atoms with E-state index in [2.05, 4.69) is 4.98 Å². The van der Waals surface area contributed by atoms with E-state index in [0.717, 1.165) is 5.56 Å². The van der Waals surface area contributed by atoms with Crippen LogP contribution in [0, 0.1) is 0 Å². The van der Waals surface area contributed by atoms with Crippen LogP contribution in [-0.2, 0) is 6.54 Å². The number of benzene rings is 1. The molecule has 98 valence electrons. The van der Waals surface area contributed by atoms with Gasteiger partial charge in [-0.15, -0.1) is 0 Å². The smallest absolute Gasteiger partial charge is 0.347 e. The van der Waals surface area contributed by atoms with E-state index in [9.17, 15) is 4.79 Å². The van der Waals surface area contributed by atoms with E-state index in [1.807, 2.05) is 18.2 Å². The molecule has 19 heavy (non-hydrogen) atoms. The van der Waals surface area contributed by atoms with Crippen LogP contribution in [0.15, 0.2) is 47.5 Å². The maximum absolute atomic E-state index is 11.4. The summed E-state index contributed by atoms with van der Waals surface area (Å²) in [5, 5.41) is 0. The van der Waals surface area contributed by atoms with Crippen LogP contribution < -0.4 is 16.2 Å². The molecule has 0 atom stereocenters. The summed E-state index contributed by atoms with van der Waals surface area (Å²) >= 11 is 4.90. The normalized spacial score (nSPS) is 10.1. The van der Waals surface area contributed by atoms with Gasteiger partial charge in [0.05, 0.1) is 6.54 Å². The second kappa shape index (κ2) is 6.10. The fourth-order valence-corrected chi connectivity index (χ4v) is 1.69. The molecule has 0 aliphatic carbocycles. The summed E-state index contributed by atoms with van der Waals surface area (Å²) in [5.41, 5.74) is 6.01. The van der Waals surface area contributed by atoms with Crippen molar-refractivity contribution in [2.45, 2.75) is 6.54 Å². The second-order valence-corrected chi connectivity index (χ2v) is 4.28. The molecule has 1 aromatic heterocycles. The topological polar surface area (TPSA) is 70.1 Å². The van der Waals surface area contributed by atoms with Crippen molar-refractivity contribution in [3.05, 3.63) is 58.8 Å². The summed E-state index contributed by atoms with van der Waals surface area (Å²) in [6.45, 7) is 0.802. The molecular weight excluding hydrogens is 262 g/mol. The van der Waals surface area contributed by atoms with Gasteiger partial charge in [0, 0.05) is 18.0 Å². The maximum Gasteiger partial charge on any atom is 0.347 e. The van der Waals surface area contributed by atoms with Crippen molar-refractivity contribution < 1.29 is 4.74 Å². The van der Waals surface area contributed by atoms with Crippen molar-refractivity contribution in [1.29, 1.82) is 0 Å². The highest BCUT2D eigenvalue weighted by atomic mass is 32.1. The van der Waals surface area contributed by atoms with Crippen LogP contribution in [-0.4, -0.2) is 21.1 Å². The lowest BCUT2D eigenvalue weighted by molar-refractivity contribution is 0.295. The lowest BCUT2D eigenvalue weighted by Crippen LogP contribution is -2.24. The first kappa shape index (κ1) is 13.2. The zero-order chi connectivity index (χ0) is 13.7. The molecule has 0 bridgehead atoms. The van der Waals surface area contributed by atoms with E-state index in [1.54, 1.807) is 18.3 Å². The average molecular weight is 275 g/mol. The SMILES string of the molecule is NC(=S)c1cccc(OCCn2cccnc2=O)c1. The number of nitrogens with two attached hydrogens (primary N) is 1. The monoisotopic (exact) mass is 275 g/mol. The standard InChI is InChI=1S/C13H13N3O2S/c14-12(19)10-3-1-4-11(9-10)18-8-7-16-6-2-5-15-13(16)17/h1-6,9H,7-8H2,(H2,14,19). The van der Waals surface area contributed by atoms with Crippen LogP contribution in [0.5, 0.6) is 5.75 Å². The van der Waals surface area contributed by atoms with Crippen LogP contribution in [0.1, 0.15) is 5.56 Å². The third kappa shape index (κ3) is 3.62. The maximum atomic E-state index is 11.4. The third-order valence-electron chi connectivity index (χ3n) is 2.50. The molecule has 1 heterocycles. The van der Waals surface area contributed by atoms with E-state index < -0.39 is 0 Å². The molecule has 2 rings (SSSR count). The average Bonchev–Trinajstić information content (AvgIpc) is 2.41. The van der Waals surface area contributed by atoms with Crippen molar-refractivity contribution in [1.82, 2.24) is 9.55 Å². The summed E-state index contributed by atoms with van der Waals surface area (Å²) in [7, 11) is 0. The molecule has 0 radical (unpaired) electrons. The van der Waals surface area contributed by atoms with Crippen LogP contribution in [0.2, 0.25) is 0 Å². The van der Waals surface area contributed by atoms with Crippen LogP contribution in [0.25, 0.3) is 0 Å². The van der Waals surface area contributed by atoms with Crippen molar-refractivity contribution in [2.75, 3.05) is 6.61 Å². The van der Waals surface area contributed by atoms with Gasteiger partial charge in [-0.2, -0.15) is 0 Å². The first-order valence-electron chi connectivity index (χ1n) is 5.71. The number of hydrogen-bond donors (Lipinski definition) is 1. The van der Waals surface area contributed by atoms with E-state index in [4.69, 9.17) is 22.7 Å². The quantitative estimate of drug-likeness (QED) is 0.823. The van der Waals surface area contributed by atoms with Gasteiger partial charge in [0.1, 0.15) is 17.3 Å². The highest BCUT2D eigenvalue weighted by Gasteiger charge is 2.00. The highest BCUT2D eigenvalue weighted by Crippen LogP contribution is 2.13. The summed E-state index contributed by atoms with van der Waals surface area (Å²) in [5.74, 6) is 0.669. The van der Waals surface area contributed by atoms with Gasteiger partial charge in [-0.3, -0.25) is 4.57 Å². The lowest BCUT2D eigenvalue weighted by atomic mass is 10.2. The highest BCUT2D eigenvalue weighted by molar-refractivity contribution is 7.80. The van der Waals surface area contributed by atoms with E-state index in [0.29, 0.717) is 23.9 Å². The molecule has 0 amide bonds. The van der Waals surface area contributed by atoms with E-state index in [1.165, 1.54) is 10.8 Å². The molecule has 2 N–H and O–H groups in total. The minimum atomic E-state index is -0.289. The first-order chi connectivity index (χ1) is 9.16. The molecule has 0 aliphatic heterocycles. The van der Waals surface area contributed by atoms with Gasteiger partial charge in [0.15, 0.2) is 0 Å². The predicted molar refractivity (Wildman–Crippen MR) is 76.3 cm³/mol. The number of hydrogen-bond acceptors (Lipinski definition) is 4. The van der Waals surface area contributed by atoms with Crippen molar-refractivity contribution in [2.24, 2.45) is 5.73 Å². The lowest BCUT2D eigenvalue weighted by Gasteiger charge is -2.08. The molecule has 0 aliphatic rings. The van der Waals surface area contributed by atoms with Crippen LogP contribution in [0.4, 0.5) is 0 Å². The van der Waals surface area contributed by atoms with E-state index >= 15 is 0 Å². The van der Waals surface area contributed by atoms with Crippen molar-refractivity contribution in [3.63, 3.8) is 0 Å². The summed E-state index contributed by atoms with van der Waals surface area (Å²) in [6, 6.07) is 8.93. The van der Waals surface area contributed by atoms with Crippen molar-refractivity contribution >= 4 is 17.2 Å². The Labute approximate surface area is 115 Å². The number of nitrogens with zero attached hydrogens (tertiary/aromatic N) is 2. The van der Waals surface area contributed by atoms with E-state index in [-0.39, 0.29) is 5.69 Å². The van der Waals surface area contributed by atoms with Gasteiger partial charge in [-0.1, -0.05) is 24.4 Å². The first-order valence-corrected chi connectivity index (χ1v) is 6.12. The Morgan fingerprint density at radius 2 is 2.26 bits per heavy atom. The fraction of sp³-hybridized carbons (Fsp3) is 0.154. The number of ether oxygens (including phenoxy) is 1. The number of aromatic nitrogens is 2. The van der Waals surface area contributed by atoms with Gasteiger partial charge < -0.3 is 10.5 Å². The second-order valence-electron chi connectivity index (χ2n) is 3.84. The Morgan fingerprint density at radius 3 is 3.00 bits per heavy atom. The Hall–Kier alpha value is -2.21. The molecule has 6 heteroatoms.